The van der Waals surface area contributed by atoms with Crippen LogP contribution in [0, 0.1) is 0 Å². The van der Waals surface area contributed by atoms with Crippen LogP contribution in [0.5, 0.6) is 0 Å². The van der Waals surface area contributed by atoms with E-state index in [4.69, 9.17) is 9.47 Å². The Morgan fingerprint density at radius 2 is 1.81 bits per heavy atom. The molecular formula is C16H23NO4. The molecule has 0 atom stereocenters. The highest BCUT2D eigenvalue weighted by molar-refractivity contribution is 5.69. The van der Waals surface area contributed by atoms with E-state index in [0.29, 0.717) is 19.6 Å². The molecule has 0 heterocycles. The summed E-state index contributed by atoms with van der Waals surface area (Å²) in [6.07, 6.45) is 2.49. The lowest BCUT2D eigenvalue weighted by molar-refractivity contribution is -0.143. The summed E-state index contributed by atoms with van der Waals surface area (Å²) >= 11 is 0. The molecule has 0 aliphatic heterocycles. The lowest BCUT2D eigenvalue weighted by Crippen LogP contribution is -2.25. The second-order valence-electron chi connectivity index (χ2n) is 4.60. The van der Waals surface area contributed by atoms with E-state index in [1.54, 1.807) is 6.92 Å². The van der Waals surface area contributed by atoms with Crippen molar-refractivity contribution in [1.29, 1.82) is 0 Å². The first-order chi connectivity index (χ1) is 10.2. The third-order valence-electron chi connectivity index (χ3n) is 2.85. The average molecular weight is 293 g/mol. The van der Waals surface area contributed by atoms with Gasteiger partial charge in [-0.25, -0.2) is 4.79 Å². The summed E-state index contributed by atoms with van der Waals surface area (Å²) in [5, 5.41) is 2.69. The molecule has 0 aliphatic rings. The smallest absolute Gasteiger partial charge is 0.407 e. The molecule has 5 heteroatoms. The van der Waals surface area contributed by atoms with E-state index in [1.165, 1.54) is 0 Å². The number of carbonyl (C=O) groups is 2. The predicted octanol–water partition coefficient (Wildman–Crippen LogP) is 3.04. The number of alkyl carbamates (subject to hydrolysis) is 1. The fourth-order valence-electron chi connectivity index (χ4n) is 1.77. The molecule has 5 nitrogen and oxygen atoms in total. The minimum Gasteiger partial charge on any atom is -0.466 e. The molecular weight excluding hydrogens is 270 g/mol. The zero-order valence-electron chi connectivity index (χ0n) is 12.5. The molecule has 0 spiro atoms. The average Bonchev–Trinajstić information content (AvgIpc) is 2.50. The van der Waals surface area contributed by atoms with Crippen LogP contribution in [0.4, 0.5) is 4.79 Å². The SMILES string of the molecule is CCOC(=O)CCCCCNC(=O)OCc1ccccc1. The Hall–Kier alpha value is -2.04. The minimum atomic E-state index is -0.413. The van der Waals surface area contributed by atoms with Gasteiger partial charge in [0.05, 0.1) is 6.61 Å². The van der Waals surface area contributed by atoms with Crippen LogP contribution in [0.3, 0.4) is 0 Å². The third-order valence-corrected chi connectivity index (χ3v) is 2.85. The first-order valence-electron chi connectivity index (χ1n) is 7.32. The van der Waals surface area contributed by atoms with Gasteiger partial charge in [0.25, 0.3) is 0 Å². The van der Waals surface area contributed by atoms with Crippen LogP contribution in [-0.4, -0.2) is 25.2 Å². The van der Waals surface area contributed by atoms with E-state index in [-0.39, 0.29) is 12.6 Å². The van der Waals surface area contributed by atoms with Crippen molar-refractivity contribution in [2.75, 3.05) is 13.2 Å². The van der Waals surface area contributed by atoms with Crippen molar-refractivity contribution in [3.63, 3.8) is 0 Å². The third kappa shape index (κ3) is 8.68. The molecule has 21 heavy (non-hydrogen) atoms. The van der Waals surface area contributed by atoms with Gasteiger partial charge in [-0.1, -0.05) is 36.8 Å². The normalized spacial score (nSPS) is 9.95. The second-order valence-corrected chi connectivity index (χ2v) is 4.60. The van der Waals surface area contributed by atoms with Gasteiger partial charge >= 0.3 is 12.1 Å². The largest absolute Gasteiger partial charge is 0.466 e. The van der Waals surface area contributed by atoms with E-state index >= 15 is 0 Å². The number of carbonyl (C=O) groups excluding carboxylic acids is 2. The van der Waals surface area contributed by atoms with Gasteiger partial charge in [0, 0.05) is 13.0 Å². The molecule has 1 aromatic rings. The highest BCUT2D eigenvalue weighted by Gasteiger charge is 2.03. The lowest BCUT2D eigenvalue weighted by Gasteiger charge is -2.07. The Morgan fingerprint density at radius 1 is 1.05 bits per heavy atom. The molecule has 1 rings (SSSR count). The fraction of sp³-hybridized carbons (Fsp3) is 0.500. The van der Waals surface area contributed by atoms with Gasteiger partial charge in [-0.15, -0.1) is 0 Å². The summed E-state index contributed by atoms with van der Waals surface area (Å²) in [7, 11) is 0. The summed E-state index contributed by atoms with van der Waals surface area (Å²) < 4.78 is 9.91. The van der Waals surface area contributed by atoms with E-state index in [2.05, 4.69) is 5.32 Å². The summed E-state index contributed by atoms with van der Waals surface area (Å²) in [5.74, 6) is -0.160. The molecule has 116 valence electrons. The first kappa shape index (κ1) is 17.0. The van der Waals surface area contributed by atoms with Gasteiger partial charge in [-0.2, -0.15) is 0 Å². The van der Waals surface area contributed by atoms with Crippen molar-refractivity contribution in [1.82, 2.24) is 5.32 Å². The van der Waals surface area contributed by atoms with Crippen molar-refractivity contribution >= 4 is 12.1 Å². The Labute approximate surface area is 125 Å². The standard InChI is InChI=1S/C16H23NO4/c1-2-20-15(18)11-7-4-8-12-17-16(19)21-13-14-9-5-3-6-10-14/h3,5-6,9-10H,2,4,7-8,11-13H2,1H3,(H,17,19). The fourth-order valence-corrected chi connectivity index (χ4v) is 1.77. The zero-order valence-corrected chi connectivity index (χ0v) is 12.5. The van der Waals surface area contributed by atoms with Gasteiger partial charge in [0.15, 0.2) is 0 Å². The van der Waals surface area contributed by atoms with Gasteiger partial charge in [-0.05, 0) is 25.3 Å². The molecule has 0 aliphatic carbocycles. The molecule has 1 aromatic carbocycles. The topological polar surface area (TPSA) is 64.6 Å². The lowest BCUT2D eigenvalue weighted by atomic mass is 10.2. The number of esters is 1. The minimum absolute atomic E-state index is 0.160. The van der Waals surface area contributed by atoms with Crippen molar-refractivity contribution in [2.24, 2.45) is 0 Å². The monoisotopic (exact) mass is 293 g/mol. The highest BCUT2D eigenvalue weighted by atomic mass is 16.5. The maximum absolute atomic E-state index is 11.4. The summed E-state index contributed by atoms with van der Waals surface area (Å²) in [4.78, 5) is 22.5. The molecule has 0 unspecified atom stereocenters. The zero-order chi connectivity index (χ0) is 15.3. The van der Waals surface area contributed by atoms with Crippen LogP contribution in [0.2, 0.25) is 0 Å². The van der Waals surface area contributed by atoms with Crippen LogP contribution in [0.25, 0.3) is 0 Å². The number of unbranched alkanes of at least 4 members (excludes halogenated alkanes) is 2. The molecule has 0 aromatic heterocycles. The maximum Gasteiger partial charge on any atom is 0.407 e. The molecule has 1 amide bonds. The molecule has 1 N–H and O–H groups in total. The number of hydrogen-bond acceptors (Lipinski definition) is 4. The Morgan fingerprint density at radius 3 is 2.52 bits per heavy atom. The molecule has 0 saturated heterocycles. The highest BCUT2D eigenvalue weighted by Crippen LogP contribution is 2.02. The van der Waals surface area contributed by atoms with E-state index in [0.717, 1.165) is 24.8 Å². The van der Waals surface area contributed by atoms with Crippen LogP contribution >= 0.6 is 0 Å². The van der Waals surface area contributed by atoms with Crippen molar-refractivity contribution < 1.29 is 19.1 Å². The first-order valence-corrected chi connectivity index (χ1v) is 7.32. The predicted molar refractivity (Wildman–Crippen MR) is 79.7 cm³/mol. The van der Waals surface area contributed by atoms with E-state index < -0.39 is 6.09 Å². The summed E-state index contributed by atoms with van der Waals surface area (Å²) in [6, 6.07) is 9.53. The summed E-state index contributed by atoms with van der Waals surface area (Å²) in [6.45, 7) is 3.04. The van der Waals surface area contributed by atoms with Crippen molar-refractivity contribution in [3.05, 3.63) is 35.9 Å². The number of rotatable bonds is 9. The van der Waals surface area contributed by atoms with Crippen LogP contribution in [0.15, 0.2) is 30.3 Å². The van der Waals surface area contributed by atoms with Gasteiger partial charge in [-0.3, -0.25) is 4.79 Å². The Bertz CT molecular complexity index is 420. The van der Waals surface area contributed by atoms with Gasteiger partial charge in [0.2, 0.25) is 0 Å². The van der Waals surface area contributed by atoms with E-state index in [1.807, 2.05) is 30.3 Å². The number of benzene rings is 1. The number of amides is 1. The second kappa shape index (κ2) is 10.7. The quantitative estimate of drug-likeness (QED) is 0.561. The van der Waals surface area contributed by atoms with Crippen LogP contribution < -0.4 is 5.32 Å². The van der Waals surface area contributed by atoms with Crippen LogP contribution in [-0.2, 0) is 20.9 Å². The molecule has 0 radical (unpaired) electrons. The van der Waals surface area contributed by atoms with E-state index in [9.17, 15) is 9.59 Å². The van der Waals surface area contributed by atoms with Crippen molar-refractivity contribution in [2.45, 2.75) is 39.2 Å². The number of hydrogen-bond donors (Lipinski definition) is 1. The number of ether oxygens (including phenoxy) is 2. The maximum atomic E-state index is 11.4. The van der Waals surface area contributed by atoms with Crippen LogP contribution in [0.1, 0.15) is 38.2 Å². The molecule has 0 bridgehead atoms. The van der Waals surface area contributed by atoms with Crippen molar-refractivity contribution in [3.8, 4) is 0 Å². The Kier molecular flexibility index (Phi) is 8.68. The Balaban J connectivity index is 1.97. The van der Waals surface area contributed by atoms with Gasteiger partial charge in [0.1, 0.15) is 6.61 Å². The molecule has 0 fully saturated rings. The number of nitrogens with one attached hydrogen (secondary N) is 1. The summed E-state index contributed by atoms with van der Waals surface area (Å²) in [5.41, 5.74) is 0.960. The molecule has 0 saturated carbocycles. The van der Waals surface area contributed by atoms with Gasteiger partial charge < -0.3 is 14.8 Å².